The van der Waals surface area contributed by atoms with E-state index in [0.717, 1.165) is 5.57 Å². The number of hydrogen-bond donors (Lipinski definition) is 0. The molecule has 0 unspecified atom stereocenters. The molecule has 0 atom stereocenters. The minimum Gasteiger partial charge on any atom is -0.289 e. The molecule has 48 valence electrons. The van der Waals surface area contributed by atoms with Gasteiger partial charge < -0.3 is 0 Å². The predicted molar refractivity (Wildman–Crippen MR) is 38.8 cm³/mol. The summed E-state index contributed by atoms with van der Waals surface area (Å²) in [6, 6.07) is 0. The first-order chi connectivity index (χ1) is 4.88. The lowest BCUT2D eigenvalue weighted by Crippen LogP contribution is -2.02. The molecule has 1 aliphatic carbocycles. The van der Waals surface area contributed by atoms with Crippen LogP contribution in [0.15, 0.2) is 40.6 Å². The maximum atomic E-state index is 11.0. The van der Waals surface area contributed by atoms with Crippen molar-refractivity contribution in [3.05, 3.63) is 35.6 Å². The predicted octanol–water partition coefficient (Wildman–Crippen LogP) is 1.02. The van der Waals surface area contributed by atoms with Gasteiger partial charge in [0, 0.05) is 23.6 Å². The summed E-state index contributed by atoms with van der Waals surface area (Å²) in [4.78, 5) is 14.9. The third-order valence-corrected chi connectivity index (χ3v) is 1.52. The van der Waals surface area contributed by atoms with Gasteiger partial charge in [-0.05, 0) is 6.08 Å². The van der Waals surface area contributed by atoms with E-state index in [9.17, 15) is 4.79 Å². The molecule has 0 aromatic carbocycles. The van der Waals surface area contributed by atoms with Crippen molar-refractivity contribution in [3.63, 3.8) is 0 Å². The Bertz CT molecular complexity index is 299. The zero-order valence-corrected chi connectivity index (χ0v) is 5.24. The molecule has 0 saturated carbocycles. The lowest BCUT2D eigenvalue weighted by molar-refractivity contribution is -0.111. The summed E-state index contributed by atoms with van der Waals surface area (Å²) in [6.45, 7) is 0. The molecule has 10 heavy (non-hydrogen) atoms. The van der Waals surface area contributed by atoms with Crippen LogP contribution in [0.3, 0.4) is 0 Å². The van der Waals surface area contributed by atoms with Gasteiger partial charge in [0.25, 0.3) is 0 Å². The maximum absolute atomic E-state index is 11.0. The molecular formula is C8H5NO. The van der Waals surface area contributed by atoms with E-state index in [-0.39, 0.29) is 5.78 Å². The molecule has 2 nitrogen and oxygen atoms in total. The van der Waals surface area contributed by atoms with Gasteiger partial charge in [-0.1, -0.05) is 12.2 Å². The van der Waals surface area contributed by atoms with Crippen LogP contribution in [0.5, 0.6) is 0 Å². The smallest absolute Gasteiger partial charge is 0.188 e. The zero-order valence-electron chi connectivity index (χ0n) is 5.24. The van der Waals surface area contributed by atoms with Gasteiger partial charge in [0.15, 0.2) is 5.78 Å². The van der Waals surface area contributed by atoms with Gasteiger partial charge in [-0.15, -0.1) is 0 Å². The third kappa shape index (κ3) is 0.589. The first-order valence-electron chi connectivity index (χ1n) is 3.04. The van der Waals surface area contributed by atoms with Crippen molar-refractivity contribution in [2.75, 3.05) is 0 Å². The van der Waals surface area contributed by atoms with Crippen molar-refractivity contribution in [2.45, 2.75) is 0 Å². The van der Waals surface area contributed by atoms with Crippen LogP contribution in [0.2, 0.25) is 0 Å². The Kier molecular flexibility index (Phi) is 0.947. The standard InChI is InChI=1S/C8H5NO/c10-8-3-1-2-6-4-9-5-7(6)8/h1-5H. The summed E-state index contributed by atoms with van der Waals surface area (Å²) in [5.41, 5.74) is 1.63. The van der Waals surface area contributed by atoms with E-state index >= 15 is 0 Å². The summed E-state index contributed by atoms with van der Waals surface area (Å²) >= 11 is 0. The number of ketones is 1. The van der Waals surface area contributed by atoms with E-state index in [1.165, 1.54) is 0 Å². The molecule has 1 heterocycles. The van der Waals surface area contributed by atoms with Crippen LogP contribution >= 0.6 is 0 Å². The Morgan fingerprint density at radius 1 is 1.40 bits per heavy atom. The van der Waals surface area contributed by atoms with Crippen LogP contribution in [0.1, 0.15) is 0 Å². The highest BCUT2D eigenvalue weighted by Gasteiger charge is 2.15. The van der Waals surface area contributed by atoms with E-state index in [1.54, 1.807) is 24.6 Å². The first kappa shape index (κ1) is 5.35. The summed E-state index contributed by atoms with van der Waals surface area (Å²) in [6.07, 6.45) is 8.45. The summed E-state index contributed by atoms with van der Waals surface area (Å²) in [7, 11) is 0. The van der Waals surface area contributed by atoms with Crippen LogP contribution in [0.25, 0.3) is 0 Å². The number of hydrogen-bond acceptors (Lipinski definition) is 2. The zero-order chi connectivity index (χ0) is 6.97. The molecule has 0 saturated heterocycles. The van der Waals surface area contributed by atoms with Crippen molar-refractivity contribution >= 4 is 12.0 Å². The maximum Gasteiger partial charge on any atom is 0.188 e. The highest BCUT2D eigenvalue weighted by atomic mass is 16.1. The Morgan fingerprint density at radius 2 is 2.30 bits per heavy atom. The second kappa shape index (κ2) is 1.77. The fourth-order valence-corrected chi connectivity index (χ4v) is 1.00. The van der Waals surface area contributed by atoms with E-state index in [0.29, 0.717) is 5.57 Å². The minimum absolute atomic E-state index is 0.0509. The van der Waals surface area contributed by atoms with Crippen LogP contribution < -0.4 is 0 Å². The molecule has 0 aromatic rings. The summed E-state index contributed by atoms with van der Waals surface area (Å²) < 4.78 is 0. The second-order valence-electron chi connectivity index (χ2n) is 2.17. The largest absolute Gasteiger partial charge is 0.289 e. The number of nitrogens with zero attached hydrogens (tertiary/aromatic N) is 1. The molecule has 1 aliphatic heterocycles. The molecular weight excluding hydrogens is 126 g/mol. The van der Waals surface area contributed by atoms with E-state index in [2.05, 4.69) is 4.99 Å². The fourth-order valence-electron chi connectivity index (χ4n) is 1.00. The molecule has 0 amide bonds. The average molecular weight is 131 g/mol. The average Bonchev–Trinajstić information content (AvgIpc) is 2.36. The van der Waals surface area contributed by atoms with Crippen molar-refractivity contribution in [2.24, 2.45) is 4.99 Å². The van der Waals surface area contributed by atoms with E-state index in [1.807, 2.05) is 6.08 Å². The van der Waals surface area contributed by atoms with Crippen LogP contribution in [0, 0.1) is 0 Å². The molecule has 2 aliphatic rings. The molecule has 0 aromatic heterocycles. The highest BCUT2D eigenvalue weighted by Crippen LogP contribution is 2.18. The number of fused-ring (bicyclic) bond motifs is 1. The summed E-state index contributed by atoms with van der Waals surface area (Å²) in [5, 5.41) is 0. The molecule has 2 heteroatoms. The molecule has 2 rings (SSSR count). The quantitative estimate of drug-likeness (QED) is 0.482. The number of aliphatic imine (C=N–C) groups is 1. The number of rotatable bonds is 0. The Hall–Kier alpha value is -1.44. The van der Waals surface area contributed by atoms with Crippen molar-refractivity contribution in [1.82, 2.24) is 0 Å². The molecule has 0 fully saturated rings. The lowest BCUT2D eigenvalue weighted by atomic mass is 10.0. The van der Waals surface area contributed by atoms with E-state index in [4.69, 9.17) is 0 Å². The van der Waals surface area contributed by atoms with Crippen molar-refractivity contribution in [1.29, 1.82) is 0 Å². The molecule has 0 N–H and O–H groups in total. The number of carbonyl (C=O) groups is 1. The third-order valence-electron chi connectivity index (χ3n) is 1.52. The van der Waals surface area contributed by atoms with Crippen LogP contribution in [0.4, 0.5) is 0 Å². The Morgan fingerprint density at radius 3 is 3.10 bits per heavy atom. The molecule has 0 bridgehead atoms. The van der Waals surface area contributed by atoms with Crippen molar-refractivity contribution < 1.29 is 4.79 Å². The topological polar surface area (TPSA) is 29.4 Å². The first-order valence-corrected chi connectivity index (χ1v) is 3.04. The van der Waals surface area contributed by atoms with Crippen LogP contribution in [-0.4, -0.2) is 12.0 Å². The fraction of sp³-hybridized carbons (Fsp3) is 0. The SMILES string of the molecule is O=C1C=CC=C2C=NC=C12. The Balaban J connectivity index is 2.54. The molecule has 0 radical (unpaired) electrons. The summed E-state index contributed by atoms with van der Waals surface area (Å²) in [5.74, 6) is 0.0509. The van der Waals surface area contributed by atoms with Crippen molar-refractivity contribution in [3.8, 4) is 0 Å². The lowest BCUT2D eigenvalue weighted by Gasteiger charge is -2.00. The van der Waals surface area contributed by atoms with Gasteiger partial charge in [-0.2, -0.15) is 0 Å². The number of carbonyl (C=O) groups excluding carboxylic acids is 1. The van der Waals surface area contributed by atoms with Gasteiger partial charge in [0.2, 0.25) is 0 Å². The minimum atomic E-state index is 0.0509. The van der Waals surface area contributed by atoms with Gasteiger partial charge >= 0.3 is 0 Å². The van der Waals surface area contributed by atoms with Gasteiger partial charge in [0.05, 0.1) is 0 Å². The normalized spacial score (nSPS) is 20.6. The van der Waals surface area contributed by atoms with Gasteiger partial charge in [-0.25, -0.2) is 0 Å². The Labute approximate surface area is 58.3 Å². The molecule has 0 spiro atoms. The monoisotopic (exact) mass is 131 g/mol. The van der Waals surface area contributed by atoms with Gasteiger partial charge in [-0.3, -0.25) is 9.79 Å². The van der Waals surface area contributed by atoms with Gasteiger partial charge in [0.1, 0.15) is 0 Å². The second-order valence-corrected chi connectivity index (χ2v) is 2.17. The van der Waals surface area contributed by atoms with E-state index < -0.39 is 0 Å². The highest BCUT2D eigenvalue weighted by molar-refractivity contribution is 6.15. The number of allylic oxidation sites excluding steroid dienone is 5. The van der Waals surface area contributed by atoms with Crippen LogP contribution in [-0.2, 0) is 4.79 Å².